The third-order valence-corrected chi connectivity index (χ3v) is 25.3. The lowest BCUT2D eigenvalue weighted by Gasteiger charge is -2.44. The Morgan fingerprint density at radius 3 is 1.33 bits per heavy atom. The van der Waals surface area contributed by atoms with E-state index in [0.717, 1.165) is 70.9 Å². The van der Waals surface area contributed by atoms with E-state index in [0.29, 0.717) is 133 Å². The minimum absolute atomic E-state index is 0.0721. The maximum absolute atomic E-state index is 15.2. The molecule has 9 aromatic rings. The van der Waals surface area contributed by atoms with Crippen LogP contribution >= 0.6 is 70.1 Å². The Morgan fingerprint density at radius 1 is 0.473 bits per heavy atom. The SMILES string of the molecule is C=CC(=O)N1CCN(c2nc(=O)n3c4c(c(-c5ccc(F)cc5)c(Cl)cc24)SC[C@@H](OC)C3)CC1.C=CC(=O)N1CCN(c2nc(=O)n3c4c(c(-c5ccc(F)cc5)c(Cl)cc24)SC[C@@H](OC)C3)[C@@H](C)C1.C=CC(=O)N1[C@H](C)CN(c2nc(=O)n3c4c(c(-c5cc(Cl)c(F)cc5F)c(C)cc24)SC[C@H](OC)C3)C[C@@H]1C. The number of methoxy groups -OCH3 is 3. The molecule has 21 nitrogen and oxygen atoms in total. The lowest BCUT2D eigenvalue weighted by atomic mass is 9.97. The van der Waals surface area contributed by atoms with E-state index in [1.165, 1.54) is 60.3 Å². The first-order valence-corrected chi connectivity index (χ1v) is 39.7. The molecule has 0 radical (unpaired) electrons. The van der Waals surface area contributed by atoms with E-state index < -0.39 is 17.3 Å². The number of carbonyl (C=O) groups excluding carboxylic acids is 3. The van der Waals surface area contributed by atoms with Gasteiger partial charge in [-0.05, 0) is 111 Å². The van der Waals surface area contributed by atoms with Gasteiger partial charge in [-0.25, -0.2) is 31.9 Å². The van der Waals surface area contributed by atoms with Crippen molar-refractivity contribution in [3.8, 4) is 33.4 Å². The van der Waals surface area contributed by atoms with Crippen LogP contribution in [0.3, 0.4) is 0 Å². The van der Waals surface area contributed by atoms with Crippen molar-refractivity contribution in [1.82, 2.24) is 43.4 Å². The minimum Gasteiger partial charge on any atom is -0.379 e. The van der Waals surface area contributed by atoms with Gasteiger partial charge in [-0.3, -0.25) is 28.1 Å². The third-order valence-electron chi connectivity index (χ3n) is 20.7. The summed E-state index contributed by atoms with van der Waals surface area (Å²) in [4.78, 5) is 104. The summed E-state index contributed by atoms with van der Waals surface area (Å²) in [5.41, 5.74) is 5.44. The maximum atomic E-state index is 15.2. The molecule has 6 aliphatic rings. The summed E-state index contributed by atoms with van der Waals surface area (Å²) in [5, 5.41) is 3.08. The standard InChI is InChI=1S/C28H29ClF2N4O3S.C26H26ClFN4O3S.C25H24ClFN4O3S/c1-6-23(36)35-15(3)10-33(11-16(35)4)27-19-7-14(2)24(18-8-20(29)22(31)9-21(18)30)26-25(19)34(28(37)32-27)12-17(38-5)13-39-26;1-4-21(33)30-9-10-31(15(2)12-30)25-19-11-20(27)22(16-5-7-17(28)8-6-16)24-23(19)32(26(34)29-25)13-18(35-3)14-36-24;1-3-20(32)29-8-10-30(11-9-29)24-18-12-19(26)21(15-4-6-16(27)7-5-15)23-22(18)31(25(33)28-24)13-17(34-2)14-35-23/h6-9,15-17H,1,10-13H2,2-5H3;4-8,11,15,18H,1,9-10,12-14H2,2-3H3;3-7,12,17H,1,8-11,13-14H2,2H3/t15-,16+,17-;15-,18-;17-/m100/s1. The van der Waals surface area contributed by atoms with E-state index >= 15 is 4.39 Å². The Kier molecular flexibility index (Phi) is 24.0. The number of anilines is 3. The van der Waals surface area contributed by atoms with Gasteiger partial charge < -0.3 is 43.6 Å². The predicted molar refractivity (Wildman–Crippen MR) is 429 cm³/mol. The summed E-state index contributed by atoms with van der Waals surface area (Å²) < 4.78 is 78.3. The van der Waals surface area contributed by atoms with Crippen LogP contribution in [0.15, 0.2) is 146 Å². The Labute approximate surface area is 659 Å². The highest BCUT2D eigenvalue weighted by Gasteiger charge is 2.38. The Morgan fingerprint density at radius 2 is 0.882 bits per heavy atom. The van der Waals surface area contributed by atoms with Gasteiger partial charge in [0.2, 0.25) is 17.7 Å². The second-order valence-electron chi connectivity index (χ2n) is 27.6. The number of hydrogen-bond acceptors (Lipinski definition) is 18. The van der Waals surface area contributed by atoms with Gasteiger partial charge in [-0.1, -0.05) is 78.8 Å². The molecule has 31 heteroatoms. The number of ether oxygens (including phenoxy) is 3. The highest BCUT2D eigenvalue weighted by atomic mass is 35.5. The van der Waals surface area contributed by atoms with Crippen LogP contribution in [0.1, 0.15) is 26.3 Å². The molecule has 0 aliphatic carbocycles. The first-order valence-electron chi connectivity index (χ1n) is 35.6. The number of nitrogens with zero attached hydrogens (tertiary/aromatic N) is 12. The van der Waals surface area contributed by atoms with E-state index in [1.54, 1.807) is 97.5 Å². The van der Waals surface area contributed by atoms with Gasteiger partial charge in [0.25, 0.3) is 0 Å². The largest absolute Gasteiger partial charge is 0.379 e. The normalized spacial score (nSPS) is 19.8. The molecular formula is C79H79Cl3F4N12O9S3. The van der Waals surface area contributed by atoms with E-state index in [4.69, 9.17) is 49.0 Å². The molecule has 6 aromatic carbocycles. The van der Waals surface area contributed by atoms with Gasteiger partial charge >= 0.3 is 17.1 Å². The fourth-order valence-corrected chi connectivity index (χ4v) is 20.2. The lowest BCUT2D eigenvalue weighted by molar-refractivity contribution is -0.130. The van der Waals surface area contributed by atoms with E-state index in [9.17, 15) is 41.9 Å². The van der Waals surface area contributed by atoms with E-state index in [2.05, 4.69) is 39.6 Å². The average molecular weight is 1620 g/mol. The van der Waals surface area contributed by atoms with Crippen molar-refractivity contribution in [2.45, 2.75) is 98.5 Å². The quantitative estimate of drug-likeness (QED) is 0.0634. The van der Waals surface area contributed by atoms with Crippen LogP contribution in [-0.4, -0.2) is 195 Å². The molecule has 576 valence electrons. The van der Waals surface area contributed by atoms with Crippen LogP contribution in [0, 0.1) is 30.2 Å². The Balaban J connectivity index is 0.000000145. The molecule has 6 atom stereocenters. The third kappa shape index (κ3) is 15.4. The van der Waals surface area contributed by atoms with Gasteiger partial charge in [0, 0.05) is 175 Å². The summed E-state index contributed by atoms with van der Waals surface area (Å²) in [6.07, 6.45) is 3.29. The van der Waals surface area contributed by atoms with Crippen molar-refractivity contribution < 1.29 is 46.2 Å². The van der Waals surface area contributed by atoms with Gasteiger partial charge in [0.05, 0.1) is 69.6 Å². The number of hydrogen-bond donors (Lipinski definition) is 0. The molecule has 15 rings (SSSR count). The van der Waals surface area contributed by atoms with Crippen LogP contribution in [0.5, 0.6) is 0 Å². The smallest absolute Gasteiger partial charge is 0.350 e. The molecule has 6 aliphatic heterocycles. The molecule has 0 N–H and O–H groups in total. The second-order valence-corrected chi connectivity index (χ2v) is 31.9. The predicted octanol–water partition coefficient (Wildman–Crippen LogP) is 13.0. The second kappa shape index (κ2) is 33.3. The Bertz CT molecular complexity index is 5370. The average Bonchev–Trinajstić information content (AvgIpc) is 1.19. The lowest BCUT2D eigenvalue weighted by Crippen LogP contribution is -2.58. The molecule has 0 bridgehead atoms. The molecule has 0 saturated carbocycles. The van der Waals surface area contributed by atoms with Crippen molar-refractivity contribution in [3.05, 3.63) is 192 Å². The number of amides is 3. The van der Waals surface area contributed by atoms with Crippen LogP contribution in [-0.2, 0) is 48.2 Å². The van der Waals surface area contributed by atoms with Crippen molar-refractivity contribution in [3.63, 3.8) is 0 Å². The number of aryl methyl sites for hydroxylation is 1. The topological polar surface area (TPSA) is 203 Å². The van der Waals surface area contributed by atoms with Crippen LogP contribution in [0.25, 0.3) is 66.1 Å². The molecule has 0 unspecified atom stereocenters. The number of benzene rings is 6. The first kappa shape index (κ1) is 79.4. The molecular weight excluding hydrogens is 1540 g/mol. The number of halogens is 7. The molecule has 3 saturated heterocycles. The number of aromatic nitrogens is 6. The highest BCUT2D eigenvalue weighted by Crippen LogP contribution is 2.49. The van der Waals surface area contributed by atoms with Crippen LogP contribution in [0.2, 0.25) is 15.1 Å². The Hall–Kier alpha value is -8.71. The van der Waals surface area contributed by atoms with Gasteiger partial charge in [0.1, 0.15) is 40.7 Å². The summed E-state index contributed by atoms with van der Waals surface area (Å²) >= 11 is 24.4. The fourth-order valence-electron chi connectivity index (χ4n) is 15.3. The molecule has 3 amide bonds. The summed E-state index contributed by atoms with van der Waals surface area (Å²) in [7, 11) is 4.84. The molecule has 9 heterocycles. The summed E-state index contributed by atoms with van der Waals surface area (Å²) in [6, 6.07) is 19.7. The number of thioether (sulfide) groups is 3. The molecule has 3 aromatic heterocycles. The number of carbonyl (C=O) groups is 3. The maximum Gasteiger partial charge on any atom is 0.350 e. The van der Waals surface area contributed by atoms with Crippen molar-refractivity contribution in [2.24, 2.45) is 0 Å². The van der Waals surface area contributed by atoms with Gasteiger partial charge in [0.15, 0.2) is 0 Å². The summed E-state index contributed by atoms with van der Waals surface area (Å²) in [5.74, 6) is 0.775. The minimum atomic E-state index is -0.838. The van der Waals surface area contributed by atoms with Crippen molar-refractivity contribution in [2.75, 3.05) is 112 Å². The van der Waals surface area contributed by atoms with Crippen LogP contribution < -0.4 is 31.8 Å². The van der Waals surface area contributed by atoms with Gasteiger partial charge in [-0.2, -0.15) is 15.0 Å². The number of piperazine rings is 3. The fraction of sp³-hybridized carbons (Fsp3) is 0.354. The van der Waals surface area contributed by atoms with E-state index in [1.807, 2.05) is 55.7 Å². The van der Waals surface area contributed by atoms with Gasteiger partial charge in [-0.15, -0.1) is 35.3 Å². The molecule has 110 heavy (non-hydrogen) atoms. The zero-order valence-electron chi connectivity index (χ0n) is 61.3. The number of rotatable bonds is 12. The van der Waals surface area contributed by atoms with Crippen molar-refractivity contribution >= 4 is 138 Å². The van der Waals surface area contributed by atoms with E-state index in [-0.39, 0.29) is 94.3 Å². The molecule has 3 fully saturated rings. The van der Waals surface area contributed by atoms with Crippen molar-refractivity contribution in [1.29, 1.82) is 0 Å². The zero-order valence-corrected chi connectivity index (χ0v) is 66.1. The summed E-state index contributed by atoms with van der Waals surface area (Å²) in [6.45, 7) is 24.1. The zero-order chi connectivity index (χ0) is 78.4. The first-order chi connectivity index (χ1) is 52.8. The highest BCUT2D eigenvalue weighted by molar-refractivity contribution is 8.00. The molecule has 0 spiro atoms. The monoisotopic (exact) mass is 1620 g/mol. The van der Waals surface area contributed by atoms with Crippen LogP contribution in [0.4, 0.5) is 35.0 Å².